The molecule has 3 aliphatic heterocycles. The molecule has 2 atom stereocenters. The lowest BCUT2D eigenvalue weighted by molar-refractivity contribution is -0.141. The molecule has 8 nitrogen and oxygen atoms in total. The second kappa shape index (κ2) is 11.5. The maximum absolute atomic E-state index is 15.4. The summed E-state index contributed by atoms with van der Waals surface area (Å²) >= 11 is 0. The molecule has 0 aliphatic carbocycles. The summed E-state index contributed by atoms with van der Waals surface area (Å²) in [5.74, 6) is 0.741. The van der Waals surface area contributed by atoms with Crippen molar-refractivity contribution in [1.82, 2.24) is 24.6 Å². The van der Waals surface area contributed by atoms with Gasteiger partial charge in [-0.2, -0.15) is 5.10 Å². The van der Waals surface area contributed by atoms with Crippen LogP contribution in [0, 0.1) is 19.3 Å². The smallest absolute Gasteiger partial charge is 0.306 e. The minimum atomic E-state index is -0.842. The number of alkyl halides is 1. The highest BCUT2D eigenvalue weighted by Gasteiger charge is 2.54. The predicted molar refractivity (Wildman–Crippen MR) is 157 cm³/mol. The number of hydrogen-bond donors (Lipinski definition) is 1. The van der Waals surface area contributed by atoms with E-state index >= 15 is 4.39 Å². The van der Waals surface area contributed by atoms with Crippen molar-refractivity contribution < 1.29 is 13.9 Å². The van der Waals surface area contributed by atoms with Gasteiger partial charge in [-0.15, -0.1) is 0 Å². The minimum absolute atomic E-state index is 0.0454. The van der Waals surface area contributed by atoms with Crippen LogP contribution in [0.3, 0.4) is 0 Å². The molecule has 1 unspecified atom stereocenters. The first kappa shape index (κ1) is 27.8. The number of likely N-dealkylation sites (tertiary alicyclic amines) is 2. The normalized spacial score (nSPS) is 20.8. The van der Waals surface area contributed by atoms with Gasteiger partial charge >= 0.3 is 5.97 Å². The lowest BCUT2D eigenvalue weighted by Gasteiger charge is -2.50. The standard InChI is InChI=1S/C32H41FN6O2/c1-22-14-23(2)39(36-22)28-8-4-6-25(15-28)26(16-30(40)41-3)17-38-20-32(21-38)19-37(18-29(32)33)13-11-27-10-9-24-7-5-12-34-31(24)35-27/h4,6,8-10,14-15,26,29H,5,7,11-13,16-21H2,1-3H3,(H,34,35)/t26-,29?/m1/s1. The number of hydrogen-bond acceptors (Lipinski definition) is 7. The number of methoxy groups -OCH3 is 1. The Morgan fingerprint density at radius 3 is 2.78 bits per heavy atom. The zero-order valence-electron chi connectivity index (χ0n) is 24.4. The molecule has 0 radical (unpaired) electrons. The fourth-order valence-corrected chi connectivity index (χ4v) is 6.94. The SMILES string of the molecule is COC(=O)C[C@H](CN1CC2(CN(CCc3ccc4c(n3)NCCC4)CC2F)C1)c1cccc(-n2nc(C)cc2C)c1. The monoisotopic (exact) mass is 560 g/mol. The lowest BCUT2D eigenvalue weighted by Crippen LogP contribution is -2.61. The molecule has 0 amide bonds. The third kappa shape index (κ3) is 5.88. The van der Waals surface area contributed by atoms with Crippen LogP contribution in [0.5, 0.6) is 0 Å². The largest absolute Gasteiger partial charge is 0.469 e. The first-order valence-corrected chi connectivity index (χ1v) is 14.8. The zero-order chi connectivity index (χ0) is 28.6. The van der Waals surface area contributed by atoms with Crippen molar-refractivity contribution in [2.45, 2.75) is 51.6 Å². The number of ether oxygens (including phenoxy) is 1. The number of esters is 1. The van der Waals surface area contributed by atoms with E-state index in [1.807, 2.05) is 30.7 Å². The van der Waals surface area contributed by atoms with Crippen molar-refractivity contribution in [3.63, 3.8) is 0 Å². The van der Waals surface area contributed by atoms with Gasteiger partial charge in [0.2, 0.25) is 0 Å². The van der Waals surface area contributed by atoms with Crippen molar-refractivity contribution in [2.75, 3.05) is 58.2 Å². The van der Waals surface area contributed by atoms with Gasteiger partial charge in [0.25, 0.3) is 0 Å². The Hall–Kier alpha value is -3.30. The molecule has 3 aliphatic rings. The highest BCUT2D eigenvalue weighted by molar-refractivity contribution is 5.70. The van der Waals surface area contributed by atoms with Crippen LogP contribution in [0.2, 0.25) is 0 Å². The number of carbonyl (C=O) groups is 1. The molecule has 2 saturated heterocycles. The Labute approximate surface area is 241 Å². The molecule has 1 aromatic carbocycles. The van der Waals surface area contributed by atoms with Gasteiger partial charge in [-0.3, -0.25) is 9.69 Å². The number of nitrogens with zero attached hydrogens (tertiary/aromatic N) is 5. The Morgan fingerprint density at radius 1 is 1.17 bits per heavy atom. The molecule has 5 heterocycles. The number of rotatable bonds is 9. The molecule has 0 bridgehead atoms. The summed E-state index contributed by atoms with van der Waals surface area (Å²) < 4.78 is 22.4. The fraction of sp³-hybridized carbons (Fsp3) is 0.531. The van der Waals surface area contributed by atoms with E-state index in [-0.39, 0.29) is 23.7 Å². The van der Waals surface area contributed by atoms with E-state index in [2.05, 4.69) is 50.5 Å². The average Bonchev–Trinajstić information content (AvgIpc) is 3.48. The van der Waals surface area contributed by atoms with E-state index < -0.39 is 6.17 Å². The molecule has 9 heteroatoms. The minimum Gasteiger partial charge on any atom is -0.469 e. The highest BCUT2D eigenvalue weighted by Crippen LogP contribution is 2.42. The Bertz CT molecular complexity index is 1400. The number of aromatic nitrogens is 3. The van der Waals surface area contributed by atoms with Gasteiger partial charge < -0.3 is 15.0 Å². The van der Waals surface area contributed by atoms with Crippen LogP contribution in [0.4, 0.5) is 10.2 Å². The quantitative estimate of drug-likeness (QED) is 0.395. The van der Waals surface area contributed by atoms with Crippen LogP contribution in [0.25, 0.3) is 5.69 Å². The van der Waals surface area contributed by atoms with Crippen molar-refractivity contribution in [3.05, 3.63) is 70.7 Å². The Morgan fingerprint density at radius 2 is 2.00 bits per heavy atom. The number of fused-ring (bicyclic) bond motifs is 1. The summed E-state index contributed by atoms with van der Waals surface area (Å²) in [6.45, 7) is 9.17. The molecule has 2 fully saturated rings. The summed E-state index contributed by atoms with van der Waals surface area (Å²) in [6, 6.07) is 14.6. The second-order valence-electron chi connectivity index (χ2n) is 12.2. The van der Waals surface area contributed by atoms with Crippen LogP contribution in [-0.2, 0) is 22.4 Å². The molecule has 1 spiro atoms. The molecule has 2 aromatic heterocycles. The Kier molecular flexibility index (Phi) is 7.83. The van der Waals surface area contributed by atoms with Crippen LogP contribution in [0.15, 0.2) is 42.5 Å². The molecular weight excluding hydrogens is 519 g/mol. The van der Waals surface area contributed by atoms with E-state index in [0.717, 1.165) is 73.0 Å². The van der Waals surface area contributed by atoms with E-state index in [9.17, 15) is 4.79 Å². The maximum Gasteiger partial charge on any atom is 0.306 e. The van der Waals surface area contributed by atoms with Crippen molar-refractivity contribution >= 4 is 11.8 Å². The lowest BCUT2D eigenvalue weighted by atomic mass is 9.77. The van der Waals surface area contributed by atoms with Gasteiger partial charge in [0.1, 0.15) is 12.0 Å². The van der Waals surface area contributed by atoms with Gasteiger partial charge in [0.05, 0.1) is 24.9 Å². The fourth-order valence-electron chi connectivity index (χ4n) is 6.94. The van der Waals surface area contributed by atoms with Crippen molar-refractivity contribution in [3.8, 4) is 5.69 Å². The zero-order valence-corrected chi connectivity index (χ0v) is 24.4. The summed E-state index contributed by atoms with van der Waals surface area (Å²) in [7, 11) is 1.43. The van der Waals surface area contributed by atoms with E-state index in [1.165, 1.54) is 12.7 Å². The third-order valence-electron chi connectivity index (χ3n) is 9.05. The summed E-state index contributed by atoms with van der Waals surface area (Å²) in [6.07, 6.45) is 2.51. The number of nitrogens with one attached hydrogen (secondary N) is 1. The number of anilines is 1. The van der Waals surface area contributed by atoms with Gasteiger partial charge in [0.15, 0.2) is 0 Å². The maximum atomic E-state index is 15.4. The number of halogens is 1. The molecule has 41 heavy (non-hydrogen) atoms. The number of aryl methyl sites for hydroxylation is 3. The van der Waals surface area contributed by atoms with Crippen LogP contribution in [0.1, 0.15) is 47.0 Å². The molecule has 1 N–H and O–H groups in total. The van der Waals surface area contributed by atoms with Crippen molar-refractivity contribution in [1.29, 1.82) is 0 Å². The topological polar surface area (TPSA) is 75.5 Å². The van der Waals surface area contributed by atoms with E-state index in [4.69, 9.17) is 9.72 Å². The van der Waals surface area contributed by atoms with Gasteiger partial charge in [-0.1, -0.05) is 18.2 Å². The number of pyridine rings is 1. The number of benzene rings is 1. The molecule has 3 aromatic rings. The average molecular weight is 561 g/mol. The predicted octanol–water partition coefficient (Wildman–Crippen LogP) is 4.09. The van der Waals surface area contributed by atoms with Crippen LogP contribution in [-0.4, -0.2) is 89.6 Å². The van der Waals surface area contributed by atoms with Crippen LogP contribution >= 0.6 is 0 Å². The second-order valence-corrected chi connectivity index (χ2v) is 12.2. The molecular formula is C32H41FN6O2. The van der Waals surface area contributed by atoms with Gasteiger partial charge in [-0.05, 0) is 62.1 Å². The summed E-state index contributed by atoms with van der Waals surface area (Å²) in [5.41, 5.74) is 6.10. The highest BCUT2D eigenvalue weighted by atomic mass is 19.1. The summed E-state index contributed by atoms with van der Waals surface area (Å²) in [5, 5.41) is 8.03. The van der Waals surface area contributed by atoms with Crippen molar-refractivity contribution in [2.24, 2.45) is 5.41 Å². The van der Waals surface area contributed by atoms with Gasteiger partial charge in [0, 0.05) is 75.0 Å². The van der Waals surface area contributed by atoms with Gasteiger partial charge in [-0.25, -0.2) is 14.1 Å². The van der Waals surface area contributed by atoms with E-state index in [1.54, 1.807) is 0 Å². The summed E-state index contributed by atoms with van der Waals surface area (Å²) in [4.78, 5) is 21.8. The molecule has 6 rings (SSSR count). The van der Waals surface area contributed by atoms with E-state index in [0.29, 0.717) is 26.2 Å². The molecule has 218 valence electrons. The first-order chi connectivity index (χ1) is 19.8. The Balaban J connectivity index is 1.08. The third-order valence-corrected chi connectivity index (χ3v) is 9.05. The molecule has 0 saturated carbocycles. The van der Waals surface area contributed by atoms with Crippen LogP contribution < -0.4 is 5.32 Å². The first-order valence-electron chi connectivity index (χ1n) is 14.8. The number of carbonyl (C=O) groups excluding carboxylic acids is 1.